The van der Waals surface area contributed by atoms with Crippen molar-refractivity contribution in [2.24, 2.45) is 5.10 Å². The standard InChI is InChI=1S/C24H22N2O5/c1-29-19-13-14-20(21(15-19)30-2)24(28)31-16-22(27)25-26-23(17-9-5-3-6-10-17)18-11-7-4-8-12-18/h3-15H,16H2,1-2H3,(H,25,27). The van der Waals surface area contributed by atoms with E-state index < -0.39 is 18.5 Å². The van der Waals surface area contributed by atoms with E-state index in [9.17, 15) is 9.59 Å². The van der Waals surface area contributed by atoms with E-state index in [1.165, 1.54) is 20.3 Å². The number of rotatable bonds is 8. The first-order valence-corrected chi connectivity index (χ1v) is 9.49. The van der Waals surface area contributed by atoms with Gasteiger partial charge in [0, 0.05) is 17.2 Å². The van der Waals surface area contributed by atoms with Gasteiger partial charge in [0.2, 0.25) is 0 Å². The normalized spacial score (nSPS) is 10.0. The predicted molar refractivity (Wildman–Crippen MR) is 116 cm³/mol. The molecule has 0 aliphatic carbocycles. The fraction of sp³-hybridized carbons (Fsp3) is 0.125. The van der Waals surface area contributed by atoms with Crippen LogP contribution in [0.3, 0.4) is 0 Å². The molecule has 7 heteroatoms. The third-order valence-electron chi connectivity index (χ3n) is 4.35. The first kappa shape index (κ1) is 21.6. The summed E-state index contributed by atoms with van der Waals surface area (Å²) in [5.41, 5.74) is 4.92. The van der Waals surface area contributed by atoms with Gasteiger partial charge in [0.1, 0.15) is 17.1 Å². The second kappa shape index (κ2) is 10.6. The zero-order chi connectivity index (χ0) is 22.1. The van der Waals surface area contributed by atoms with Crippen LogP contribution in [-0.2, 0) is 9.53 Å². The van der Waals surface area contributed by atoms with Gasteiger partial charge in [0.25, 0.3) is 5.91 Å². The van der Waals surface area contributed by atoms with Crippen molar-refractivity contribution in [2.75, 3.05) is 20.8 Å². The molecule has 0 saturated heterocycles. The number of nitrogens with one attached hydrogen (secondary N) is 1. The molecule has 0 spiro atoms. The van der Waals surface area contributed by atoms with Gasteiger partial charge in [0.15, 0.2) is 6.61 Å². The Labute approximate surface area is 180 Å². The number of esters is 1. The van der Waals surface area contributed by atoms with Crippen molar-refractivity contribution in [1.29, 1.82) is 0 Å². The molecule has 31 heavy (non-hydrogen) atoms. The van der Waals surface area contributed by atoms with E-state index >= 15 is 0 Å². The van der Waals surface area contributed by atoms with Crippen molar-refractivity contribution in [1.82, 2.24) is 5.43 Å². The molecule has 0 aliphatic rings. The number of amides is 1. The van der Waals surface area contributed by atoms with Crippen molar-refractivity contribution in [3.8, 4) is 11.5 Å². The molecule has 3 aromatic carbocycles. The van der Waals surface area contributed by atoms with Crippen LogP contribution >= 0.6 is 0 Å². The highest BCUT2D eigenvalue weighted by molar-refractivity contribution is 6.13. The second-order valence-electron chi connectivity index (χ2n) is 6.37. The average molecular weight is 418 g/mol. The molecular weight excluding hydrogens is 396 g/mol. The highest BCUT2D eigenvalue weighted by Crippen LogP contribution is 2.25. The smallest absolute Gasteiger partial charge is 0.342 e. The van der Waals surface area contributed by atoms with Gasteiger partial charge in [-0.3, -0.25) is 4.79 Å². The Morgan fingerprint density at radius 3 is 2.00 bits per heavy atom. The Balaban J connectivity index is 1.68. The van der Waals surface area contributed by atoms with Crippen molar-refractivity contribution >= 4 is 17.6 Å². The maximum Gasteiger partial charge on any atom is 0.342 e. The molecule has 158 valence electrons. The molecule has 3 rings (SSSR count). The van der Waals surface area contributed by atoms with Gasteiger partial charge in [-0.05, 0) is 12.1 Å². The molecule has 3 aromatic rings. The molecule has 1 amide bonds. The summed E-state index contributed by atoms with van der Waals surface area (Å²) in [6.45, 7) is -0.492. The van der Waals surface area contributed by atoms with Crippen LogP contribution in [0.15, 0.2) is 84.0 Å². The van der Waals surface area contributed by atoms with Crippen LogP contribution in [0.2, 0.25) is 0 Å². The van der Waals surface area contributed by atoms with Gasteiger partial charge in [-0.15, -0.1) is 0 Å². The van der Waals surface area contributed by atoms with Crippen LogP contribution in [0.25, 0.3) is 0 Å². The van der Waals surface area contributed by atoms with Crippen LogP contribution in [0, 0.1) is 0 Å². The molecule has 0 aromatic heterocycles. The monoisotopic (exact) mass is 418 g/mol. The Hall–Kier alpha value is -4.13. The maximum absolute atomic E-state index is 12.4. The molecule has 1 N–H and O–H groups in total. The number of carbonyl (C=O) groups is 2. The largest absolute Gasteiger partial charge is 0.497 e. The van der Waals surface area contributed by atoms with Crippen molar-refractivity contribution in [3.63, 3.8) is 0 Å². The molecule has 7 nitrogen and oxygen atoms in total. The minimum absolute atomic E-state index is 0.189. The van der Waals surface area contributed by atoms with E-state index in [4.69, 9.17) is 14.2 Å². The molecule has 0 bridgehead atoms. The molecule has 0 aliphatic heterocycles. The lowest BCUT2D eigenvalue weighted by atomic mass is 10.0. The fourth-order valence-corrected chi connectivity index (χ4v) is 2.81. The first-order valence-electron chi connectivity index (χ1n) is 9.49. The summed E-state index contributed by atoms with van der Waals surface area (Å²) in [6, 6.07) is 23.6. The lowest BCUT2D eigenvalue weighted by Gasteiger charge is -2.10. The summed E-state index contributed by atoms with van der Waals surface area (Å²) < 4.78 is 15.4. The van der Waals surface area contributed by atoms with Crippen LogP contribution in [0.4, 0.5) is 0 Å². The summed E-state index contributed by atoms with van der Waals surface area (Å²) in [5.74, 6) is -0.428. The number of ether oxygens (including phenoxy) is 3. The highest BCUT2D eigenvalue weighted by atomic mass is 16.5. The lowest BCUT2D eigenvalue weighted by molar-refractivity contribution is -0.124. The zero-order valence-corrected chi connectivity index (χ0v) is 17.2. The summed E-state index contributed by atoms with van der Waals surface area (Å²) in [6.07, 6.45) is 0. The summed E-state index contributed by atoms with van der Waals surface area (Å²) in [7, 11) is 2.94. The van der Waals surface area contributed by atoms with Gasteiger partial charge in [-0.25, -0.2) is 10.2 Å². The van der Waals surface area contributed by atoms with Crippen LogP contribution in [0.1, 0.15) is 21.5 Å². The third-order valence-corrected chi connectivity index (χ3v) is 4.35. The first-order chi connectivity index (χ1) is 15.1. The summed E-state index contributed by atoms with van der Waals surface area (Å²) in [4.78, 5) is 24.6. The van der Waals surface area contributed by atoms with Gasteiger partial charge in [0.05, 0.1) is 19.9 Å². The van der Waals surface area contributed by atoms with E-state index in [0.717, 1.165) is 11.1 Å². The fourth-order valence-electron chi connectivity index (χ4n) is 2.81. The van der Waals surface area contributed by atoms with E-state index in [1.807, 2.05) is 60.7 Å². The molecule has 0 saturated carbocycles. The zero-order valence-electron chi connectivity index (χ0n) is 17.2. The highest BCUT2D eigenvalue weighted by Gasteiger charge is 2.16. The van der Waals surface area contributed by atoms with E-state index in [2.05, 4.69) is 10.5 Å². The number of methoxy groups -OCH3 is 2. The van der Waals surface area contributed by atoms with Crippen molar-refractivity contribution in [3.05, 3.63) is 95.6 Å². The molecule has 0 radical (unpaired) electrons. The van der Waals surface area contributed by atoms with Crippen molar-refractivity contribution in [2.45, 2.75) is 0 Å². The molecule has 0 unspecified atom stereocenters. The number of hydrazone groups is 1. The topological polar surface area (TPSA) is 86.2 Å². The quantitative estimate of drug-likeness (QED) is 0.344. The predicted octanol–water partition coefficient (Wildman–Crippen LogP) is 3.43. The van der Waals surface area contributed by atoms with Crippen LogP contribution < -0.4 is 14.9 Å². The number of benzene rings is 3. The van der Waals surface area contributed by atoms with E-state index in [1.54, 1.807) is 12.1 Å². The van der Waals surface area contributed by atoms with Gasteiger partial charge < -0.3 is 14.2 Å². The Morgan fingerprint density at radius 1 is 0.839 bits per heavy atom. The van der Waals surface area contributed by atoms with Crippen molar-refractivity contribution < 1.29 is 23.8 Å². The van der Waals surface area contributed by atoms with Gasteiger partial charge >= 0.3 is 5.97 Å². The maximum atomic E-state index is 12.4. The number of nitrogens with zero attached hydrogens (tertiary/aromatic N) is 1. The summed E-state index contributed by atoms with van der Waals surface area (Å²) in [5, 5.41) is 4.26. The molecule has 0 fully saturated rings. The average Bonchev–Trinajstić information content (AvgIpc) is 2.83. The lowest BCUT2D eigenvalue weighted by Crippen LogP contribution is -2.26. The minimum atomic E-state index is -0.690. The minimum Gasteiger partial charge on any atom is -0.497 e. The molecule has 0 heterocycles. The Kier molecular flexibility index (Phi) is 7.37. The van der Waals surface area contributed by atoms with Gasteiger partial charge in [-0.1, -0.05) is 60.7 Å². The summed E-state index contributed by atoms with van der Waals surface area (Å²) >= 11 is 0. The number of carbonyl (C=O) groups excluding carboxylic acids is 2. The van der Waals surface area contributed by atoms with E-state index in [0.29, 0.717) is 17.2 Å². The van der Waals surface area contributed by atoms with Gasteiger partial charge in [-0.2, -0.15) is 5.10 Å². The Morgan fingerprint density at radius 2 is 1.45 bits per heavy atom. The SMILES string of the molecule is COc1ccc(C(=O)OCC(=O)NN=C(c2ccccc2)c2ccccc2)c(OC)c1. The Bertz CT molecular complexity index is 1020. The number of hydrogen-bond acceptors (Lipinski definition) is 6. The molecular formula is C24H22N2O5. The second-order valence-corrected chi connectivity index (χ2v) is 6.37. The molecule has 0 atom stereocenters. The third kappa shape index (κ3) is 5.70. The van der Waals surface area contributed by atoms with E-state index in [-0.39, 0.29) is 5.56 Å². The van der Waals surface area contributed by atoms with Crippen LogP contribution in [-0.4, -0.2) is 38.4 Å². The number of hydrogen-bond donors (Lipinski definition) is 1. The van der Waals surface area contributed by atoms with Crippen LogP contribution in [0.5, 0.6) is 11.5 Å².